The third-order valence-corrected chi connectivity index (χ3v) is 6.93. The summed E-state index contributed by atoms with van der Waals surface area (Å²) in [5, 5.41) is 8.73. The molecule has 0 amide bonds. The van der Waals surface area contributed by atoms with Crippen LogP contribution in [0.4, 0.5) is 0 Å². The summed E-state index contributed by atoms with van der Waals surface area (Å²) in [7, 11) is 0. The summed E-state index contributed by atoms with van der Waals surface area (Å²) in [6.45, 7) is 3.11. The van der Waals surface area contributed by atoms with Gasteiger partial charge < -0.3 is 9.84 Å². The van der Waals surface area contributed by atoms with E-state index in [9.17, 15) is 4.79 Å². The Balaban J connectivity index is 1.36. The van der Waals surface area contributed by atoms with Gasteiger partial charge in [-0.25, -0.2) is 4.79 Å². The van der Waals surface area contributed by atoms with Crippen molar-refractivity contribution in [3.8, 4) is 16.9 Å². The van der Waals surface area contributed by atoms with Crippen molar-refractivity contribution in [2.24, 2.45) is 11.8 Å². The zero-order valence-electron chi connectivity index (χ0n) is 20.2. The number of carboxylic acids is 1. The number of benzene rings is 2. The fourth-order valence-electron chi connectivity index (χ4n) is 4.81. The summed E-state index contributed by atoms with van der Waals surface area (Å²) < 4.78 is 6.12. The largest absolute Gasteiger partial charge is 0.493 e. The minimum Gasteiger partial charge on any atom is -0.493 e. The Labute approximate surface area is 199 Å². The van der Waals surface area contributed by atoms with Crippen molar-refractivity contribution in [1.82, 2.24) is 0 Å². The van der Waals surface area contributed by atoms with Crippen molar-refractivity contribution in [1.29, 1.82) is 0 Å². The Morgan fingerprint density at radius 2 is 1.42 bits per heavy atom. The molecular weight excluding hydrogens is 408 g/mol. The van der Waals surface area contributed by atoms with Gasteiger partial charge in [-0.2, -0.15) is 0 Å². The molecule has 3 heteroatoms. The van der Waals surface area contributed by atoms with Gasteiger partial charge in [0.1, 0.15) is 5.75 Å². The van der Waals surface area contributed by atoms with E-state index in [1.165, 1.54) is 70.6 Å². The first kappa shape index (κ1) is 25.1. The molecule has 0 saturated heterocycles. The number of unbranched alkanes of at least 4 members (excludes halogenated alkanes) is 5. The van der Waals surface area contributed by atoms with E-state index in [-0.39, 0.29) is 0 Å². The molecule has 1 fully saturated rings. The third-order valence-electron chi connectivity index (χ3n) is 6.93. The lowest BCUT2D eigenvalue weighted by Gasteiger charge is -2.28. The van der Waals surface area contributed by atoms with Crippen molar-refractivity contribution in [3.63, 3.8) is 0 Å². The molecule has 0 aromatic heterocycles. The lowest BCUT2D eigenvalue weighted by molar-refractivity contribution is -0.131. The van der Waals surface area contributed by atoms with Crippen LogP contribution in [0.15, 0.2) is 54.6 Å². The van der Waals surface area contributed by atoms with E-state index in [4.69, 9.17) is 9.84 Å². The summed E-state index contributed by atoms with van der Waals surface area (Å²) in [4.78, 5) is 10.6. The number of hydrogen-bond donors (Lipinski definition) is 1. The third kappa shape index (κ3) is 9.07. The zero-order chi connectivity index (χ0) is 23.3. The lowest BCUT2D eigenvalue weighted by atomic mass is 9.80. The van der Waals surface area contributed by atoms with Crippen LogP contribution in [0.1, 0.15) is 83.1 Å². The molecule has 0 atom stereocenters. The van der Waals surface area contributed by atoms with E-state index in [0.717, 1.165) is 41.0 Å². The predicted molar refractivity (Wildman–Crippen MR) is 137 cm³/mol. The first-order valence-electron chi connectivity index (χ1n) is 12.9. The molecule has 1 aliphatic rings. The van der Waals surface area contributed by atoms with Crippen LogP contribution in [-0.4, -0.2) is 17.7 Å². The second-order valence-corrected chi connectivity index (χ2v) is 9.57. The highest BCUT2D eigenvalue weighted by Crippen LogP contribution is 2.33. The first-order valence-corrected chi connectivity index (χ1v) is 12.9. The average Bonchev–Trinajstić information content (AvgIpc) is 2.85. The minimum absolute atomic E-state index is 0.692. The summed E-state index contributed by atoms with van der Waals surface area (Å²) in [6.07, 6.45) is 18.0. The topological polar surface area (TPSA) is 46.5 Å². The van der Waals surface area contributed by atoms with Crippen molar-refractivity contribution in [2.45, 2.75) is 77.6 Å². The monoisotopic (exact) mass is 448 g/mol. The van der Waals surface area contributed by atoms with E-state index < -0.39 is 5.97 Å². The molecule has 0 aliphatic heterocycles. The molecule has 0 spiro atoms. The number of carboxylic acid groups (broad SMARTS) is 1. The van der Waals surface area contributed by atoms with E-state index in [2.05, 4.69) is 31.2 Å². The van der Waals surface area contributed by atoms with Crippen LogP contribution in [0, 0.1) is 11.8 Å². The zero-order valence-corrected chi connectivity index (χ0v) is 20.2. The maximum Gasteiger partial charge on any atom is 0.328 e. The van der Waals surface area contributed by atoms with Crippen LogP contribution in [0.2, 0.25) is 0 Å². The molecule has 178 valence electrons. The van der Waals surface area contributed by atoms with Crippen molar-refractivity contribution in [2.75, 3.05) is 6.61 Å². The first-order chi connectivity index (χ1) is 16.1. The maximum atomic E-state index is 10.6. The van der Waals surface area contributed by atoms with E-state index in [1.54, 1.807) is 6.08 Å². The van der Waals surface area contributed by atoms with Gasteiger partial charge >= 0.3 is 5.97 Å². The fourth-order valence-corrected chi connectivity index (χ4v) is 4.81. The van der Waals surface area contributed by atoms with Crippen LogP contribution in [0.5, 0.6) is 5.75 Å². The van der Waals surface area contributed by atoms with Crippen LogP contribution in [0.3, 0.4) is 0 Å². The average molecular weight is 449 g/mol. The molecule has 1 N–H and O–H groups in total. The van der Waals surface area contributed by atoms with Crippen molar-refractivity contribution >= 4 is 12.0 Å². The summed E-state index contributed by atoms with van der Waals surface area (Å²) >= 11 is 0. The molecule has 1 aliphatic carbocycles. The molecule has 0 radical (unpaired) electrons. The minimum atomic E-state index is -0.934. The van der Waals surface area contributed by atoms with Gasteiger partial charge in [-0.1, -0.05) is 101 Å². The molecule has 0 heterocycles. The van der Waals surface area contributed by atoms with Gasteiger partial charge in [-0.15, -0.1) is 0 Å². The SMILES string of the molecule is CCCCCCCCC1CCC(COc2ccc(-c3ccc(C=CC(=O)O)cc3)cc2)CC1. The maximum absolute atomic E-state index is 10.6. The van der Waals surface area contributed by atoms with Crippen LogP contribution in [-0.2, 0) is 4.79 Å². The molecule has 0 bridgehead atoms. The van der Waals surface area contributed by atoms with Gasteiger partial charge in [0.25, 0.3) is 0 Å². The Morgan fingerprint density at radius 1 is 0.848 bits per heavy atom. The molecule has 3 nitrogen and oxygen atoms in total. The Morgan fingerprint density at radius 3 is 2.06 bits per heavy atom. The van der Waals surface area contributed by atoms with Gasteiger partial charge in [-0.05, 0) is 59.6 Å². The number of hydrogen-bond acceptors (Lipinski definition) is 2. The number of aliphatic carboxylic acids is 1. The smallest absolute Gasteiger partial charge is 0.328 e. The van der Waals surface area contributed by atoms with Crippen molar-refractivity contribution in [3.05, 3.63) is 60.2 Å². The number of carbonyl (C=O) groups is 1. The highest BCUT2D eigenvalue weighted by Gasteiger charge is 2.21. The second-order valence-electron chi connectivity index (χ2n) is 9.57. The highest BCUT2D eigenvalue weighted by atomic mass is 16.5. The Hall–Kier alpha value is -2.55. The van der Waals surface area contributed by atoms with Gasteiger partial charge in [0, 0.05) is 6.08 Å². The fraction of sp³-hybridized carbons (Fsp3) is 0.500. The number of ether oxygens (including phenoxy) is 1. The molecule has 33 heavy (non-hydrogen) atoms. The molecular formula is C30H40O3. The molecule has 2 aromatic carbocycles. The summed E-state index contributed by atoms with van der Waals surface area (Å²) in [5.41, 5.74) is 3.12. The molecule has 2 aromatic rings. The molecule has 3 rings (SSSR count). The van der Waals surface area contributed by atoms with E-state index >= 15 is 0 Å². The Kier molecular flexibility index (Phi) is 10.5. The predicted octanol–water partition coefficient (Wildman–Crippen LogP) is 8.39. The second kappa shape index (κ2) is 13.9. The van der Waals surface area contributed by atoms with Crippen molar-refractivity contribution < 1.29 is 14.6 Å². The van der Waals surface area contributed by atoms with Crippen LogP contribution < -0.4 is 4.74 Å². The van der Waals surface area contributed by atoms with Crippen LogP contribution >= 0.6 is 0 Å². The van der Waals surface area contributed by atoms with Gasteiger partial charge in [0.2, 0.25) is 0 Å². The molecule has 1 saturated carbocycles. The van der Waals surface area contributed by atoms with Gasteiger partial charge in [-0.3, -0.25) is 0 Å². The summed E-state index contributed by atoms with van der Waals surface area (Å²) in [6, 6.07) is 16.2. The van der Waals surface area contributed by atoms with E-state index in [0.29, 0.717) is 5.92 Å². The highest BCUT2D eigenvalue weighted by molar-refractivity contribution is 5.85. The van der Waals surface area contributed by atoms with Gasteiger partial charge in [0.05, 0.1) is 6.61 Å². The number of rotatable bonds is 13. The lowest BCUT2D eigenvalue weighted by Crippen LogP contribution is -2.20. The standard InChI is InChI=1S/C30H40O3/c1-2-3-4-5-6-7-8-24-9-11-26(12-10-24)23-33-29-20-18-28(19-21-29)27-16-13-25(14-17-27)15-22-30(31)32/h13-22,24,26H,2-12,23H2,1H3,(H,31,32). The van der Waals surface area contributed by atoms with Crippen LogP contribution in [0.25, 0.3) is 17.2 Å². The normalized spacial score (nSPS) is 18.5. The van der Waals surface area contributed by atoms with Gasteiger partial charge in [0.15, 0.2) is 0 Å². The summed E-state index contributed by atoms with van der Waals surface area (Å²) in [5.74, 6) is 1.64. The Bertz CT molecular complexity index is 843. The molecule has 0 unspecified atom stereocenters. The van der Waals surface area contributed by atoms with E-state index in [1.807, 2.05) is 24.3 Å². The quantitative estimate of drug-likeness (QED) is 0.247.